The van der Waals surface area contributed by atoms with Crippen molar-refractivity contribution in [3.63, 3.8) is 0 Å². The van der Waals surface area contributed by atoms with E-state index in [0.29, 0.717) is 11.8 Å². The quantitative estimate of drug-likeness (QED) is 0.437. The molecule has 0 aromatic carbocycles. The van der Waals surface area contributed by atoms with Crippen LogP contribution in [0.5, 0.6) is 0 Å². The zero-order chi connectivity index (χ0) is 21.2. The molecule has 0 radical (unpaired) electrons. The molecule has 164 valence electrons. The lowest BCUT2D eigenvalue weighted by Crippen LogP contribution is -2.39. The van der Waals surface area contributed by atoms with Crippen LogP contribution >= 0.6 is 0 Å². The zero-order valence-corrected chi connectivity index (χ0v) is 17.0. The number of nitrogens with one attached hydrogen (secondary N) is 2. The van der Waals surface area contributed by atoms with Crippen LogP contribution in [0.1, 0.15) is 83.5 Å². The number of carboxylic acid groups (broad SMARTS) is 2. The standard InChI is InChI=1S/C21H34N2O6/c24-18(9-11-20(26)27)22-16-5-1-14(2-6-16)13-15-3-7-17(8-4-15)23-19(25)10-12-21(28)29/h14-17H,1-13H2,(H,22,24)(H,23,25)(H,26,27)(H,28,29). The van der Waals surface area contributed by atoms with E-state index < -0.39 is 11.9 Å². The van der Waals surface area contributed by atoms with E-state index in [4.69, 9.17) is 10.2 Å². The fourth-order valence-corrected chi connectivity index (χ4v) is 4.60. The maximum atomic E-state index is 11.8. The van der Waals surface area contributed by atoms with E-state index >= 15 is 0 Å². The summed E-state index contributed by atoms with van der Waals surface area (Å²) in [5.74, 6) is -0.876. The maximum absolute atomic E-state index is 11.8. The van der Waals surface area contributed by atoms with Gasteiger partial charge in [-0.25, -0.2) is 0 Å². The molecule has 0 bridgehead atoms. The van der Waals surface area contributed by atoms with Gasteiger partial charge in [0.05, 0.1) is 12.8 Å². The summed E-state index contributed by atoms with van der Waals surface area (Å²) in [6.07, 6.45) is 9.24. The number of carboxylic acids is 2. The lowest BCUT2D eigenvalue weighted by molar-refractivity contribution is -0.139. The second-order valence-electron chi connectivity index (χ2n) is 8.59. The van der Waals surface area contributed by atoms with Crippen molar-refractivity contribution < 1.29 is 29.4 Å². The number of carbonyl (C=O) groups excluding carboxylic acids is 2. The lowest BCUT2D eigenvalue weighted by Gasteiger charge is -2.34. The monoisotopic (exact) mass is 410 g/mol. The van der Waals surface area contributed by atoms with Crippen molar-refractivity contribution in [2.45, 2.75) is 95.6 Å². The van der Waals surface area contributed by atoms with Gasteiger partial charge in [0, 0.05) is 24.9 Å². The summed E-state index contributed by atoms with van der Waals surface area (Å²) in [5.41, 5.74) is 0. The average molecular weight is 411 g/mol. The number of amides is 2. The van der Waals surface area contributed by atoms with Gasteiger partial charge in [0.25, 0.3) is 0 Å². The van der Waals surface area contributed by atoms with Gasteiger partial charge < -0.3 is 20.8 Å². The van der Waals surface area contributed by atoms with E-state index in [9.17, 15) is 19.2 Å². The first kappa shape index (κ1) is 23.2. The molecule has 2 aliphatic carbocycles. The van der Waals surface area contributed by atoms with E-state index in [0.717, 1.165) is 51.4 Å². The minimum atomic E-state index is -0.946. The first-order chi connectivity index (χ1) is 13.8. The minimum absolute atomic E-state index is 0.0470. The van der Waals surface area contributed by atoms with E-state index in [1.807, 2.05) is 0 Å². The summed E-state index contributed by atoms with van der Waals surface area (Å²) in [6, 6.07) is 0.341. The van der Waals surface area contributed by atoms with Crippen molar-refractivity contribution in [3.8, 4) is 0 Å². The molecule has 8 nitrogen and oxygen atoms in total. The van der Waals surface area contributed by atoms with Gasteiger partial charge in [-0.3, -0.25) is 19.2 Å². The highest BCUT2D eigenvalue weighted by atomic mass is 16.4. The Kier molecular flexibility index (Phi) is 9.41. The van der Waals surface area contributed by atoms with Gasteiger partial charge in [-0.1, -0.05) is 0 Å². The third-order valence-electron chi connectivity index (χ3n) is 6.22. The first-order valence-electron chi connectivity index (χ1n) is 10.8. The molecule has 2 fully saturated rings. The fourth-order valence-electron chi connectivity index (χ4n) is 4.60. The molecule has 8 heteroatoms. The van der Waals surface area contributed by atoms with Crippen molar-refractivity contribution in [3.05, 3.63) is 0 Å². The van der Waals surface area contributed by atoms with Gasteiger partial charge in [-0.05, 0) is 69.6 Å². The van der Waals surface area contributed by atoms with Crippen LogP contribution in [0.15, 0.2) is 0 Å². The second-order valence-corrected chi connectivity index (χ2v) is 8.59. The minimum Gasteiger partial charge on any atom is -0.481 e. The van der Waals surface area contributed by atoms with E-state index in [-0.39, 0.29) is 49.6 Å². The van der Waals surface area contributed by atoms with E-state index in [1.165, 1.54) is 6.42 Å². The molecule has 0 saturated heterocycles. The molecule has 4 N–H and O–H groups in total. The molecule has 0 atom stereocenters. The topological polar surface area (TPSA) is 133 Å². The van der Waals surface area contributed by atoms with E-state index in [1.54, 1.807) is 0 Å². The molecule has 2 amide bonds. The van der Waals surface area contributed by atoms with Gasteiger partial charge in [-0.2, -0.15) is 0 Å². The Morgan fingerprint density at radius 3 is 1.24 bits per heavy atom. The zero-order valence-electron chi connectivity index (χ0n) is 17.0. The summed E-state index contributed by atoms with van der Waals surface area (Å²) in [4.78, 5) is 44.6. The number of hydrogen-bond donors (Lipinski definition) is 4. The molecule has 0 spiro atoms. The molecule has 29 heavy (non-hydrogen) atoms. The van der Waals surface area contributed by atoms with Gasteiger partial charge in [0.2, 0.25) is 11.8 Å². The largest absolute Gasteiger partial charge is 0.481 e. The summed E-state index contributed by atoms with van der Waals surface area (Å²) < 4.78 is 0. The van der Waals surface area contributed by atoms with Crippen LogP contribution < -0.4 is 10.6 Å². The number of hydrogen-bond acceptors (Lipinski definition) is 4. The van der Waals surface area contributed by atoms with Crippen LogP contribution in [-0.4, -0.2) is 46.0 Å². The molecule has 2 saturated carbocycles. The van der Waals surface area contributed by atoms with Gasteiger partial charge in [0.15, 0.2) is 0 Å². The Bertz CT molecular complexity index is 528. The van der Waals surface area contributed by atoms with Crippen LogP contribution in [-0.2, 0) is 19.2 Å². The third-order valence-corrected chi connectivity index (χ3v) is 6.22. The van der Waals surface area contributed by atoms with Gasteiger partial charge >= 0.3 is 11.9 Å². The lowest BCUT2D eigenvalue weighted by atomic mass is 9.75. The Labute approximate surface area is 171 Å². The van der Waals surface area contributed by atoms with Crippen LogP contribution in [0.2, 0.25) is 0 Å². The Hall–Kier alpha value is -2.12. The highest BCUT2D eigenvalue weighted by Crippen LogP contribution is 2.35. The molecule has 0 aliphatic heterocycles. The summed E-state index contributed by atoms with van der Waals surface area (Å²) in [5, 5.41) is 23.2. The SMILES string of the molecule is O=C(O)CCC(=O)NC1CCC(CC2CCC(NC(=O)CCC(=O)O)CC2)CC1. The van der Waals surface area contributed by atoms with Crippen molar-refractivity contribution in [2.75, 3.05) is 0 Å². The third kappa shape index (κ3) is 9.28. The number of rotatable bonds is 10. The van der Waals surface area contributed by atoms with Gasteiger partial charge in [-0.15, -0.1) is 0 Å². The van der Waals surface area contributed by atoms with Crippen molar-refractivity contribution >= 4 is 23.8 Å². The average Bonchev–Trinajstić information content (AvgIpc) is 2.68. The molecule has 0 unspecified atom stereocenters. The van der Waals surface area contributed by atoms with Crippen LogP contribution in [0.4, 0.5) is 0 Å². The Morgan fingerprint density at radius 1 is 0.586 bits per heavy atom. The fraction of sp³-hybridized carbons (Fsp3) is 0.810. The van der Waals surface area contributed by atoms with Crippen LogP contribution in [0.25, 0.3) is 0 Å². The number of aliphatic carboxylic acids is 2. The van der Waals surface area contributed by atoms with Crippen LogP contribution in [0.3, 0.4) is 0 Å². The molecule has 2 aliphatic rings. The van der Waals surface area contributed by atoms with Crippen molar-refractivity contribution in [1.29, 1.82) is 0 Å². The molecule has 0 aromatic rings. The van der Waals surface area contributed by atoms with Crippen molar-refractivity contribution in [2.24, 2.45) is 11.8 Å². The predicted molar refractivity (Wildman–Crippen MR) is 106 cm³/mol. The normalized spacial score (nSPS) is 27.0. The molecular weight excluding hydrogens is 376 g/mol. The highest BCUT2D eigenvalue weighted by Gasteiger charge is 2.28. The molecule has 2 rings (SSSR count). The molecule has 0 heterocycles. The molecular formula is C21H34N2O6. The summed E-state index contributed by atoms with van der Waals surface area (Å²) >= 11 is 0. The molecule has 0 aromatic heterocycles. The first-order valence-corrected chi connectivity index (χ1v) is 10.8. The van der Waals surface area contributed by atoms with Gasteiger partial charge in [0.1, 0.15) is 0 Å². The second kappa shape index (κ2) is 11.8. The van der Waals surface area contributed by atoms with E-state index in [2.05, 4.69) is 10.6 Å². The Balaban J connectivity index is 1.58. The Morgan fingerprint density at radius 2 is 0.931 bits per heavy atom. The summed E-state index contributed by atoms with van der Waals surface area (Å²) in [6.45, 7) is 0. The predicted octanol–water partition coefficient (Wildman–Crippen LogP) is 2.46. The summed E-state index contributed by atoms with van der Waals surface area (Å²) in [7, 11) is 0. The smallest absolute Gasteiger partial charge is 0.303 e. The maximum Gasteiger partial charge on any atom is 0.303 e. The van der Waals surface area contributed by atoms with Crippen LogP contribution in [0, 0.1) is 11.8 Å². The highest BCUT2D eigenvalue weighted by molar-refractivity contribution is 5.81. The number of carbonyl (C=O) groups is 4. The van der Waals surface area contributed by atoms with Crippen molar-refractivity contribution in [1.82, 2.24) is 10.6 Å².